The van der Waals surface area contributed by atoms with Crippen molar-refractivity contribution in [1.29, 1.82) is 0 Å². The molecule has 0 fully saturated rings. The van der Waals surface area contributed by atoms with Crippen molar-refractivity contribution in [3.05, 3.63) is 35.9 Å². The smallest absolute Gasteiger partial charge is 0.225 e. The van der Waals surface area contributed by atoms with Crippen LogP contribution in [0.5, 0.6) is 11.5 Å². The van der Waals surface area contributed by atoms with E-state index in [-0.39, 0.29) is 23.8 Å². The molecule has 242 valence electrons. The molecule has 0 atom stereocenters. The van der Waals surface area contributed by atoms with Gasteiger partial charge in [0.15, 0.2) is 0 Å². The molecule has 0 bridgehead atoms. The lowest BCUT2D eigenvalue weighted by atomic mass is 10.1. The number of unbranched alkanes of at least 4 members (excludes halogenated alkanes) is 14. The first-order chi connectivity index (χ1) is 21.5. The van der Waals surface area contributed by atoms with Gasteiger partial charge in [-0.1, -0.05) is 77.0 Å². The second-order valence-corrected chi connectivity index (χ2v) is 11.3. The molecule has 0 spiro atoms. The Morgan fingerprint density at radius 2 is 0.636 bits per heavy atom. The summed E-state index contributed by atoms with van der Waals surface area (Å²) in [6, 6.07) is 8.00. The first-order valence-corrected chi connectivity index (χ1v) is 16.4. The van der Waals surface area contributed by atoms with E-state index in [2.05, 4.69) is 29.9 Å². The number of rotatable bonds is 24. The van der Waals surface area contributed by atoms with Gasteiger partial charge in [-0.2, -0.15) is 29.9 Å². The molecule has 3 aromatic rings. The predicted octanol–water partition coefficient (Wildman–Crippen LogP) is 5.87. The molecule has 44 heavy (non-hydrogen) atoms. The number of nitrogens with zero attached hydrogens (tertiary/aromatic N) is 6. The van der Waals surface area contributed by atoms with Gasteiger partial charge in [-0.3, -0.25) is 0 Å². The number of aromatic nitrogens is 6. The van der Waals surface area contributed by atoms with Crippen molar-refractivity contribution in [1.82, 2.24) is 29.9 Å². The molecule has 0 aliphatic heterocycles. The van der Waals surface area contributed by atoms with E-state index >= 15 is 0 Å². The fourth-order valence-corrected chi connectivity index (χ4v) is 5.04. The summed E-state index contributed by atoms with van der Waals surface area (Å²) in [5, 5.41) is 0. The maximum absolute atomic E-state index is 5.91. The molecule has 3 rings (SSSR count). The van der Waals surface area contributed by atoms with Gasteiger partial charge in [0, 0.05) is 12.8 Å². The minimum absolute atomic E-state index is 0.198. The molecule has 0 unspecified atom stereocenters. The molecule has 2 heterocycles. The van der Waals surface area contributed by atoms with Crippen molar-refractivity contribution in [2.24, 2.45) is 0 Å². The van der Waals surface area contributed by atoms with E-state index in [0.717, 1.165) is 76.1 Å². The van der Waals surface area contributed by atoms with Gasteiger partial charge in [0.25, 0.3) is 0 Å². The fraction of sp³-hybridized carbons (Fsp3) is 0.625. The lowest BCUT2D eigenvalue weighted by molar-refractivity contribution is 0.296. The monoisotopic (exact) mass is 608 g/mol. The molecular formula is C32H52N10O2. The van der Waals surface area contributed by atoms with E-state index < -0.39 is 0 Å². The maximum Gasteiger partial charge on any atom is 0.225 e. The molecule has 0 radical (unpaired) electrons. The van der Waals surface area contributed by atoms with Crippen LogP contribution in [0.4, 0.5) is 23.8 Å². The van der Waals surface area contributed by atoms with Crippen molar-refractivity contribution in [2.45, 2.75) is 116 Å². The van der Waals surface area contributed by atoms with Crippen LogP contribution in [-0.2, 0) is 12.8 Å². The summed E-state index contributed by atoms with van der Waals surface area (Å²) in [6.45, 7) is 1.50. The standard InChI is InChI=1S/C32H52N10O2/c33-29-37-27(38-30(34)41-29)17-13-9-5-1-3-7-11-15-23-43-25-19-21-26(22-20-25)44-24-16-12-8-4-2-6-10-14-18-28-39-31(35)42-32(36)40-28/h19-22H,1-18,23-24H2,(H4,33,34,37,38,41)(H4,35,36,39,40,42). The van der Waals surface area contributed by atoms with Crippen molar-refractivity contribution in [2.75, 3.05) is 36.1 Å². The minimum atomic E-state index is 0.198. The van der Waals surface area contributed by atoms with Crippen molar-refractivity contribution >= 4 is 23.8 Å². The summed E-state index contributed by atoms with van der Waals surface area (Å²) in [4.78, 5) is 24.1. The highest BCUT2D eigenvalue weighted by Gasteiger charge is 2.03. The Labute approximate surface area is 262 Å². The molecule has 0 saturated carbocycles. The van der Waals surface area contributed by atoms with Gasteiger partial charge in [-0.25, -0.2) is 0 Å². The predicted molar refractivity (Wildman–Crippen MR) is 176 cm³/mol. The molecule has 0 aliphatic carbocycles. The SMILES string of the molecule is Nc1nc(N)nc(CCCCCCCCCCOc2ccc(OCCCCCCCCCCc3nc(N)nc(N)n3)cc2)n1. The van der Waals surface area contributed by atoms with Crippen LogP contribution < -0.4 is 32.4 Å². The van der Waals surface area contributed by atoms with Crippen LogP contribution in [0.1, 0.15) is 114 Å². The summed E-state index contributed by atoms with van der Waals surface area (Å²) in [6.07, 6.45) is 20.5. The highest BCUT2D eigenvalue weighted by molar-refractivity contribution is 5.31. The number of nitrogen functional groups attached to an aromatic ring is 4. The third kappa shape index (κ3) is 15.5. The normalized spacial score (nSPS) is 11.1. The van der Waals surface area contributed by atoms with Crippen LogP contribution >= 0.6 is 0 Å². The van der Waals surface area contributed by atoms with E-state index in [1.807, 2.05) is 24.3 Å². The van der Waals surface area contributed by atoms with E-state index in [0.29, 0.717) is 11.6 Å². The highest BCUT2D eigenvalue weighted by Crippen LogP contribution is 2.19. The molecule has 0 amide bonds. The van der Waals surface area contributed by atoms with Crippen LogP contribution in [-0.4, -0.2) is 43.1 Å². The molecule has 1 aromatic carbocycles. The summed E-state index contributed by atoms with van der Waals surface area (Å²) in [5.74, 6) is 3.97. The van der Waals surface area contributed by atoms with Gasteiger partial charge >= 0.3 is 0 Å². The van der Waals surface area contributed by atoms with Crippen LogP contribution in [0.2, 0.25) is 0 Å². The van der Waals surface area contributed by atoms with E-state index in [9.17, 15) is 0 Å². The second kappa shape index (κ2) is 20.9. The van der Waals surface area contributed by atoms with Crippen molar-refractivity contribution in [3.8, 4) is 11.5 Å². The quantitative estimate of drug-likeness (QED) is 0.0883. The van der Waals surface area contributed by atoms with Crippen LogP contribution in [0.25, 0.3) is 0 Å². The highest BCUT2D eigenvalue weighted by atomic mass is 16.5. The summed E-state index contributed by atoms with van der Waals surface area (Å²) in [7, 11) is 0. The largest absolute Gasteiger partial charge is 0.494 e. The number of ether oxygens (including phenoxy) is 2. The Hall–Kier alpha value is -3.96. The summed E-state index contributed by atoms with van der Waals surface area (Å²) < 4.78 is 11.8. The molecule has 12 heteroatoms. The second-order valence-electron chi connectivity index (χ2n) is 11.3. The Balaban J connectivity index is 1.07. The summed E-state index contributed by atoms with van der Waals surface area (Å²) in [5.41, 5.74) is 22.5. The van der Waals surface area contributed by atoms with Gasteiger partial charge in [0.1, 0.15) is 23.1 Å². The average Bonchev–Trinajstić information content (AvgIpc) is 2.98. The van der Waals surface area contributed by atoms with Crippen LogP contribution in [0, 0.1) is 0 Å². The number of hydrogen-bond donors (Lipinski definition) is 4. The van der Waals surface area contributed by atoms with E-state index in [4.69, 9.17) is 32.4 Å². The van der Waals surface area contributed by atoms with Gasteiger partial charge in [-0.05, 0) is 49.9 Å². The first kappa shape index (κ1) is 34.5. The Morgan fingerprint density at radius 1 is 0.364 bits per heavy atom. The lowest BCUT2D eigenvalue weighted by Gasteiger charge is -2.09. The Morgan fingerprint density at radius 3 is 0.955 bits per heavy atom. The zero-order valence-electron chi connectivity index (χ0n) is 26.3. The van der Waals surface area contributed by atoms with Gasteiger partial charge in [0.2, 0.25) is 23.8 Å². The van der Waals surface area contributed by atoms with E-state index in [1.165, 1.54) is 64.2 Å². The van der Waals surface area contributed by atoms with Gasteiger partial charge < -0.3 is 32.4 Å². The number of hydrogen-bond acceptors (Lipinski definition) is 12. The topological polar surface area (TPSA) is 200 Å². The number of aryl methyl sites for hydroxylation is 2. The zero-order chi connectivity index (χ0) is 31.2. The Kier molecular flexibility index (Phi) is 16.4. The third-order valence-electron chi connectivity index (χ3n) is 7.38. The molecular weight excluding hydrogens is 556 g/mol. The maximum atomic E-state index is 5.91. The lowest BCUT2D eigenvalue weighted by Crippen LogP contribution is -2.06. The molecule has 2 aromatic heterocycles. The third-order valence-corrected chi connectivity index (χ3v) is 7.38. The fourth-order valence-electron chi connectivity index (χ4n) is 5.04. The minimum Gasteiger partial charge on any atom is -0.494 e. The van der Waals surface area contributed by atoms with Gasteiger partial charge in [0.05, 0.1) is 13.2 Å². The van der Waals surface area contributed by atoms with Crippen molar-refractivity contribution < 1.29 is 9.47 Å². The first-order valence-electron chi connectivity index (χ1n) is 16.4. The molecule has 0 saturated heterocycles. The number of nitrogens with two attached hydrogens (primary N) is 4. The molecule has 12 nitrogen and oxygen atoms in total. The van der Waals surface area contributed by atoms with Crippen LogP contribution in [0.3, 0.4) is 0 Å². The average molecular weight is 609 g/mol. The van der Waals surface area contributed by atoms with E-state index in [1.54, 1.807) is 0 Å². The summed E-state index contributed by atoms with van der Waals surface area (Å²) >= 11 is 0. The Bertz CT molecular complexity index is 1060. The molecule has 0 aliphatic rings. The zero-order valence-corrected chi connectivity index (χ0v) is 26.3. The van der Waals surface area contributed by atoms with Crippen LogP contribution in [0.15, 0.2) is 24.3 Å². The van der Waals surface area contributed by atoms with Gasteiger partial charge in [-0.15, -0.1) is 0 Å². The number of benzene rings is 1. The van der Waals surface area contributed by atoms with Crippen molar-refractivity contribution in [3.63, 3.8) is 0 Å². The number of anilines is 4. The molecule has 8 N–H and O–H groups in total.